The first-order valence-corrected chi connectivity index (χ1v) is 11.3. The van der Waals surface area contributed by atoms with E-state index in [1.165, 1.54) is 0 Å². The van der Waals surface area contributed by atoms with E-state index in [1.54, 1.807) is 0 Å². The summed E-state index contributed by atoms with van der Waals surface area (Å²) >= 11 is 0. The summed E-state index contributed by atoms with van der Waals surface area (Å²) in [6, 6.07) is 19.9. The zero-order valence-electron chi connectivity index (χ0n) is 19.3. The fourth-order valence-corrected chi connectivity index (χ4v) is 3.69. The third kappa shape index (κ3) is 5.13. The van der Waals surface area contributed by atoms with Gasteiger partial charge < -0.3 is 15.0 Å². The molecule has 1 fully saturated rings. The van der Waals surface area contributed by atoms with Crippen LogP contribution in [0.1, 0.15) is 51.8 Å². The fourth-order valence-electron chi connectivity index (χ4n) is 3.69. The van der Waals surface area contributed by atoms with Gasteiger partial charge in [-0.1, -0.05) is 43.3 Å². The third-order valence-corrected chi connectivity index (χ3v) is 5.37. The van der Waals surface area contributed by atoms with Crippen LogP contribution in [0.5, 0.6) is 11.6 Å². The molecule has 1 aliphatic rings. The van der Waals surface area contributed by atoms with E-state index in [-0.39, 0.29) is 17.6 Å². The summed E-state index contributed by atoms with van der Waals surface area (Å²) < 4.78 is 8.26. The molecule has 3 aromatic rings. The molecule has 32 heavy (non-hydrogen) atoms. The summed E-state index contributed by atoms with van der Waals surface area (Å²) in [5, 5.41) is 8.02. The minimum Gasteiger partial charge on any atom is -0.439 e. The summed E-state index contributed by atoms with van der Waals surface area (Å²) in [6.45, 7) is 8.56. The average Bonchev–Trinajstić information content (AvgIpc) is 3.55. The molecule has 1 saturated carbocycles. The Bertz CT molecular complexity index is 1050. The molecular formula is C26H32N4O2. The minimum atomic E-state index is -0.296. The highest BCUT2D eigenvalue weighted by Crippen LogP contribution is 2.35. The molecular weight excluding hydrogens is 400 g/mol. The zero-order valence-corrected chi connectivity index (χ0v) is 19.3. The summed E-state index contributed by atoms with van der Waals surface area (Å²) in [5.41, 5.74) is 2.52. The van der Waals surface area contributed by atoms with Gasteiger partial charge in [0.2, 0.25) is 5.88 Å². The number of nitrogens with zero attached hydrogens (tertiary/aromatic N) is 3. The van der Waals surface area contributed by atoms with Crippen LogP contribution in [0.4, 0.5) is 4.79 Å². The first-order valence-electron chi connectivity index (χ1n) is 11.3. The van der Waals surface area contributed by atoms with Gasteiger partial charge in [0.15, 0.2) is 0 Å². The molecule has 1 aliphatic carbocycles. The van der Waals surface area contributed by atoms with Crippen LogP contribution in [0, 0.1) is 0 Å². The number of aromatic nitrogens is 2. The number of ether oxygens (including phenoxy) is 1. The van der Waals surface area contributed by atoms with Gasteiger partial charge in [-0.25, -0.2) is 9.48 Å². The topological polar surface area (TPSA) is 59.4 Å². The fraction of sp³-hybridized carbons (Fsp3) is 0.385. The maximum absolute atomic E-state index is 13.1. The summed E-state index contributed by atoms with van der Waals surface area (Å²) in [6.07, 6.45) is 2.81. The van der Waals surface area contributed by atoms with Crippen molar-refractivity contribution < 1.29 is 9.53 Å². The Hall–Kier alpha value is -3.28. The van der Waals surface area contributed by atoms with Crippen LogP contribution in [-0.2, 0) is 13.0 Å². The molecule has 1 aromatic heterocycles. The molecule has 0 spiro atoms. The molecule has 0 bridgehead atoms. The Morgan fingerprint density at radius 1 is 1.09 bits per heavy atom. The summed E-state index contributed by atoms with van der Waals surface area (Å²) in [7, 11) is 0. The Labute approximate surface area is 190 Å². The molecule has 0 aliphatic heterocycles. The highest BCUT2D eigenvalue weighted by Gasteiger charge is 2.36. The number of hydrogen-bond acceptors (Lipinski definition) is 3. The van der Waals surface area contributed by atoms with Gasteiger partial charge in [0.1, 0.15) is 5.75 Å². The van der Waals surface area contributed by atoms with E-state index in [9.17, 15) is 4.79 Å². The van der Waals surface area contributed by atoms with Crippen molar-refractivity contribution in [2.45, 2.75) is 65.1 Å². The Morgan fingerprint density at radius 3 is 2.28 bits per heavy atom. The van der Waals surface area contributed by atoms with Crippen molar-refractivity contribution in [1.29, 1.82) is 0 Å². The van der Waals surface area contributed by atoms with Crippen LogP contribution in [-0.4, -0.2) is 32.3 Å². The van der Waals surface area contributed by atoms with Gasteiger partial charge >= 0.3 is 6.03 Å². The average molecular weight is 433 g/mol. The largest absolute Gasteiger partial charge is 0.439 e. The van der Waals surface area contributed by atoms with Crippen molar-refractivity contribution >= 4 is 6.03 Å². The van der Waals surface area contributed by atoms with Gasteiger partial charge in [0, 0.05) is 11.6 Å². The van der Waals surface area contributed by atoms with E-state index in [0.29, 0.717) is 12.4 Å². The van der Waals surface area contributed by atoms with E-state index in [1.807, 2.05) is 91.0 Å². The predicted molar refractivity (Wildman–Crippen MR) is 126 cm³/mol. The summed E-state index contributed by atoms with van der Waals surface area (Å²) in [5.74, 6) is 1.40. The number of carbonyl (C=O) groups excluding carboxylic acids is 1. The smallest absolute Gasteiger partial charge is 0.318 e. The first-order chi connectivity index (χ1) is 15.4. The molecule has 6 nitrogen and oxygen atoms in total. The van der Waals surface area contributed by atoms with Gasteiger partial charge in [-0.3, -0.25) is 0 Å². The quantitative estimate of drug-likeness (QED) is 0.521. The number of benzene rings is 2. The van der Waals surface area contributed by atoms with Crippen LogP contribution in [0.25, 0.3) is 5.69 Å². The molecule has 0 atom stereocenters. The van der Waals surface area contributed by atoms with E-state index in [2.05, 4.69) is 12.2 Å². The Morgan fingerprint density at radius 2 is 1.72 bits per heavy atom. The molecule has 2 aromatic carbocycles. The lowest BCUT2D eigenvalue weighted by atomic mass is 10.1. The molecule has 2 amide bonds. The van der Waals surface area contributed by atoms with Crippen LogP contribution in [0.2, 0.25) is 0 Å². The van der Waals surface area contributed by atoms with E-state index in [4.69, 9.17) is 9.84 Å². The molecule has 168 valence electrons. The maximum Gasteiger partial charge on any atom is 0.318 e. The van der Waals surface area contributed by atoms with Crippen molar-refractivity contribution in [2.24, 2.45) is 0 Å². The molecule has 0 unspecified atom stereocenters. The number of amides is 2. The van der Waals surface area contributed by atoms with Crippen molar-refractivity contribution in [3.63, 3.8) is 0 Å². The molecule has 1 N–H and O–H groups in total. The maximum atomic E-state index is 13.1. The van der Waals surface area contributed by atoms with Crippen molar-refractivity contribution in [1.82, 2.24) is 20.0 Å². The summed E-state index contributed by atoms with van der Waals surface area (Å²) in [4.78, 5) is 15.1. The van der Waals surface area contributed by atoms with Gasteiger partial charge in [0.25, 0.3) is 0 Å². The second-order valence-electron chi connectivity index (χ2n) is 9.29. The van der Waals surface area contributed by atoms with Gasteiger partial charge in [-0.05, 0) is 64.3 Å². The molecule has 4 rings (SSSR count). The van der Waals surface area contributed by atoms with E-state index < -0.39 is 0 Å². The molecule has 0 saturated heterocycles. The van der Waals surface area contributed by atoms with Crippen LogP contribution in [0.15, 0.2) is 60.7 Å². The second-order valence-corrected chi connectivity index (χ2v) is 9.29. The van der Waals surface area contributed by atoms with Crippen LogP contribution < -0.4 is 10.1 Å². The number of nitrogens with one attached hydrogen (secondary N) is 1. The lowest BCUT2D eigenvalue weighted by Crippen LogP contribution is -2.49. The van der Waals surface area contributed by atoms with E-state index in [0.717, 1.165) is 42.0 Å². The minimum absolute atomic E-state index is 0.0415. The van der Waals surface area contributed by atoms with E-state index >= 15 is 0 Å². The highest BCUT2D eigenvalue weighted by atomic mass is 16.5. The Kier molecular flexibility index (Phi) is 6.21. The van der Waals surface area contributed by atoms with Gasteiger partial charge in [0.05, 0.1) is 23.5 Å². The molecule has 6 heteroatoms. The third-order valence-electron chi connectivity index (χ3n) is 5.37. The van der Waals surface area contributed by atoms with Crippen LogP contribution >= 0.6 is 0 Å². The monoisotopic (exact) mass is 432 g/mol. The van der Waals surface area contributed by atoms with Gasteiger partial charge in [-0.2, -0.15) is 5.10 Å². The first kappa shape index (κ1) is 21.9. The highest BCUT2D eigenvalue weighted by molar-refractivity contribution is 5.76. The standard InChI is InChI=1S/C26H32N4O2/c1-5-23-22(18-29(19-16-17-19)25(31)27-26(2,3)4)24(32-21-14-10-7-11-15-21)30(28-23)20-12-8-6-9-13-20/h6-15,19H,5,16-18H2,1-4H3,(H,27,31). The molecule has 1 heterocycles. The number of carbonyl (C=O) groups is 1. The second kappa shape index (κ2) is 9.07. The SMILES string of the molecule is CCc1nn(-c2ccccc2)c(Oc2ccccc2)c1CN(C(=O)NC(C)(C)C)C1CC1. The zero-order chi connectivity index (χ0) is 22.7. The van der Waals surface area contributed by atoms with Crippen molar-refractivity contribution in [3.8, 4) is 17.3 Å². The predicted octanol–water partition coefficient (Wildman–Crippen LogP) is 5.70. The number of rotatable bonds is 7. The van der Waals surface area contributed by atoms with Gasteiger partial charge in [-0.15, -0.1) is 0 Å². The Balaban J connectivity index is 1.75. The number of aryl methyl sites for hydroxylation is 1. The molecule has 0 radical (unpaired) electrons. The van der Waals surface area contributed by atoms with Crippen molar-refractivity contribution in [3.05, 3.63) is 71.9 Å². The van der Waals surface area contributed by atoms with Crippen molar-refractivity contribution in [2.75, 3.05) is 0 Å². The van der Waals surface area contributed by atoms with Crippen LogP contribution in [0.3, 0.4) is 0 Å². The number of hydrogen-bond donors (Lipinski definition) is 1. The number of para-hydroxylation sites is 2. The normalized spacial score (nSPS) is 13.6. The lowest BCUT2D eigenvalue weighted by Gasteiger charge is -2.28. The number of urea groups is 1. The lowest BCUT2D eigenvalue weighted by molar-refractivity contribution is 0.182.